The summed E-state index contributed by atoms with van der Waals surface area (Å²) < 4.78 is 1.77. The maximum Gasteiger partial charge on any atom is 0.0894 e. The van der Waals surface area contributed by atoms with Gasteiger partial charge in [-0.2, -0.15) is 5.10 Å². The van der Waals surface area contributed by atoms with Crippen molar-refractivity contribution in [2.75, 3.05) is 0 Å². The van der Waals surface area contributed by atoms with Crippen molar-refractivity contribution in [1.29, 1.82) is 0 Å². The smallest absolute Gasteiger partial charge is 0.0894 e. The number of benzene rings is 2. The highest BCUT2D eigenvalue weighted by Crippen LogP contribution is 2.27. The molecule has 0 fully saturated rings. The molecule has 0 amide bonds. The molecule has 0 saturated heterocycles. The quantitative estimate of drug-likeness (QED) is 0.767. The van der Waals surface area contributed by atoms with E-state index in [1.165, 1.54) is 0 Å². The van der Waals surface area contributed by atoms with Gasteiger partial charge in [0.05, 0.1) is 29.0 Å². The molecule has 0 aliphatic carbocycles. The van der Waals surface area contributed by atoms with Crippen LogP contribution in [-0.4, -0.2) is 14.9 Å². The molecule has 3 aromatic rings. The van der Waals surface area contributed by atoms with Crippen molar-refractivity contribution in [1.82, 2.24) is 9.78 Å². The van der Waals surface area contributed by atoms with Crippen molar-refractivity contribution in [3.63, 3.8) is 0 Å². The standard InChI is InChI=1S/C14H11ClN2O/c15-12-6-3-5-11(9-18)14(12)17-13-7-2-1-4-10(13)8-16-17/h1-8,18H,9H2. The summed E-state index contributed by atoms with van der Waals surface area (Å²) in [5.74, 6) is 0. The number of rotatable bonds is 2. The normalized spacial score (nSPS) is 11.0. The third kappa shape index (κ3) is 1.68. The lowest BCUT2D eigenvalue weighted by atomic mass is 10.2. The molecule has 3 rings (SSSR count). The minimum absolute atomic E-state index is 0.0654. The Morgan fingerprint density at radius 3 is 2.78 bits per heavy atom. The Balaban J connectivity index is 2.33. The molecule has 0 aliphatic heterocycles. The predicted molar refractivity (Wildman–Crippen MR) is 72.0 cm³/mol. The highest BCUT2D eigenvalue weighted by Gasteiger charge is 2.11. The molecule has 0 unspecified atom stereocenters. The molecule has 2 aromatic carbocycles. The van der Waals surface area contributed by atoms with E-state index in [1.807, 2.05) is 36.4 Å². The summed E-state index contributed by atoms with van der Waals surface area (Å²) in [5.41, 5.74) is 2.47. The summed E-state index contributed by atoms with van der Waals surface area (Å²) in [7, 11) is 0. The summed E-state index contributed by atoms with van der Waals surface area (Å²) in [5, 5.41) is 15.4. The fourth-order valence-electron chi connectivity index (χ4n) is 2.07. The first-order valence-electron chi connectivity index (χ1n) is 5.62. The zero-order valence-electron chi connectivity index (χ0n) is 9.55. The maximum absolute atomic E-state index is 9.41. The van der Waals surface area contributed by atoms with Crippen molar-refractivity contribution >= 4 is 22.5 Å². The van der Waals surface area contributed by atoms with Crippen LogP contribution in [0, 0.1) is 0 Å². The van der Waals surface area contributed by atoms with Crippen LogP contribution < -0.4 is 0 Å². The van der Waals surface area contributed by atoms with Crippen LogP contribution in [0.15, 0.2) is 48.7 Å². The molecule has 0 aliphatic rings. The van der Waals surface area contributed by atoms with Gasteiger partial charge >= 0.3 is 0 Å². The molecule has 3 nitrogen and oxygen atoms in total. The zero-order valence-corrected chi connectivity index (χ0v) is 10.3. The molecule has 18 heavy (non-hydrogen) atoms. The van der Waals surface area contributed by atoms with E-state index in [9.17, 15) is 5.11 Å². The fraction of sp³-hybridized carbons (Fsp3) is 0.0714. The first-order valence-corrected chi connectivity index (χ1v) is 6.00. The number of hydrogen-bond donors (Lipinski definition) is 1. The van der Waals surface area contributed by atoms with Gasteiger partial charge in [-0.3, -0.25) is 0 Å². The van der Waals surface area contributed by atoms with Crippen LogP contribution in [0.4, 0.5) is 0 Å². The highest BCUT2D eigenvalue weighted by atomic mass is 35.5. The van der Waals surface area contributed by atoms with Crippen LogP contribution in [0.3, 0.4) is 0 Å². The lowest BCUT2D eigenvalue weighted by Crippen LogP contribution is -2.02. The number of hydrogen-bond acceptors (Lipinski definition) is 2. The molecule has 1 aromatic heterocycles. The molecule has 0 bridgehead atoms. The monoisotopic (exact) mass is 258 g/mol. The van der Waals surface area contributed by atoms with Crippen molar-refractivity contribution in [3.05, 3.63) is 59.2 Å². The van der Waals surface area contributed by atoms with Gasteiger partial charge in [0.25, 0.3) is 0 Å². The van der Waals surface area contributed by atoms with E-state index < -0.39 is 0 Å². The van der Waals surface area contributed by atoms with E-state index in [0.29, 0.717) is 5.02 Å². The molecular formula is C14H11ClN2O. The largest absolute Gasteiger partial charge is 0.392 e. The van der Waals surface area contributed by atoms with Gasteiger partial charge in [0.15, 0.2) is 0 Å². The van der Waals surface area contributed by atoms with Crippen LogP contribution in [0.2, 0.25) is 5.02 Å². The number of para-hydroxylation sites is 2. The van der Waals surface area contributed by atoms with Crippen LogP contribution in [0.25, 0.3) is 16.6 Å². The van der Waals surface area contributed by atoms with E-state index in [2.05, 4.69) is 5.10 Å². The number of aliphatic hydroxyl groups is 1. The molecule has 1 N–H and O–H groups in total. The van der Waals surface area contributed by atoms with Crippen molar-refractivity contribution in [2.45, 2.75) is 6.61 Å². The summed E-state index contributed by atoms with van der Waals surface area (Å²) >= 11 is 6.23. The van der Waals surface area contributed by atoms with E-state index in [-0.39, 0.29) is 6.61 Å². The van der Waals surface area contributed by atoms with E-state index in [0.717, 1.165) is 22.2 Å². The zero-order chi connectivity index (χ0) is 12.5. The average Bonchev–Trinajstić information content (AvgIpc) is 2.82. The minimum Gasteiger partial charge on any atom is -0.392 e. The molecule has 0 radical (unpaired) electrons. The second kappa shape index (κ2) is 4.44. The number of halogens is 1. The molecule has 0 spiro atoms. The summed E-state index contributed by atoms with van der Waals surface area (Å²) in [4.78, 5) is 0. The van der Waals surface area contributed by atoms with Gasteiger partial charge in [-0.05, 0) is 12.1 Å². The van der Waals surface area contributed by atoms with Gasteiger partial charge in [0.2, 0.25) is 0 Å². The molecule has 1 heterocycles. The summed E-state index contributed by atoms with van der Waals surface area (Å²) in [6.45, 7) is -0.0654. The van der Waals surface area contributed by atoms with Gasteiger partial charge in [-0.25, -0.2) is 4.68 Å². The molecular weight excluding hydrogens is 248 g/mol. The molecule has 4 heteroatoms. The maximum atomic E-state index is 9.41. The summed E-state index contributed by atoms with van der Waals surface area (Å²) in [6, 6.07) is 13.4. The predicted octanol–water partition coefficient (Wildman–Crippen LogP) is 3.17. The van der Waals surface area contributed by atoms with E-state index in [4.69, 9.17) is 11.6 Å². The first kappa shape index (κ1) is 11.3. The van der Waals surface area contributed by atoms with Gasteiger partial charge < -0.3 is 5.11 Å². The Hall–Kier alpha value is -1.84. The third-order valence-electron chi connectivity index (χ3n) is 2.93. The van der Waals surface area contributed by atoms with Crippen LogP contribution >= 0.6 is 11.6 Å². The van der Waals surface area contributed by atoms with Crippen molar-refractivity contribution in [2.24, 2.45) is 0 Å². The lowest BCUT2D eigenvalue weighted by Gasteiger charge is -2.10. The van der Waals surface area contributed by atoms with E-state index in [1.54, 1.807) is 16.9 Å². The number of nitrogens with zero attached hydrogens (tertiary/aromatic N) is 2. The Morgan fingerprint density at radius 2 is 1.94 bits per heavy atom. The second-order valence-corrected chi connectivity index (χ2v) is 4.43. The lowest BCUT2D eigenvalue weighted by molar-refractivity contribution is 0.281. The molecule has 0 atom stereocenters. The Kier molecular flexibility index (Phi) is 2.78. The topological polar surface area (TPSA) is 38.0 Å². The number of fused-ring (bicyclic) bond motifs is 1. The van der Waals surface area contributed by atoms with Crippen LogP contribution in [0.1, 0.15) is 5.56 Å². The second-order valence-electron chi connectivity index (χ2n) is 4.02. The average molecular weight is 259 g/mol. The third-order valence-corrected chi connectivity index (χ3v) is 3.23. The van der Waals surface area contributed by atoms with Crippen molar-refractivity contribution in [3.8, 4) is 5.69 Å². The number of aliphatic hydroxyl groups excluding tert-OH is 1. The fourth-order valence-corrected chi connectivity index (χ4v) is 2.35. The minimum atomic E-state index is -0.0654. The van der Waals surface area contributed by atoms with Gasteiger partial charge in [-0.1, -0.05) is 41.9 Å². The van der Waals surface area contributed by atoms with Gasteiger partial charge in [0.1, 0.15) is 0 Å². The molecule has 0 saturated carbocycles. The number of aromatic nitrogens is 2. The highest BCUT2D eigenvalue weighted by molar-refractivity contribution is 6.32. The Morgan fingerprint density at radius 1 is 1.11 bits per heavy atom. The van der Waals surface area contributed by atoms with Crippen molar-refractivity contribution < 1.29 is 5.11 Å². The van der Waals surface area contributed by atoms with Crippen LogP contribution in [0.5, 0.6) is 0 Å². The van der Waals surface area contributed by atoms with Gasteiger partial charge in [-0.15, -0.1) is 0 Å². The van der Waals surface area contributed by atoms with Crippen LogP contribution in [-0.2, 0) is 6.61 Å². The Bertz CT molecular complexity index is 706. The Labute approximate surface area is 109 Å². The SMILES string of the molecule is OCc1cccc(Cl)c1-n1ncc2ccccc21. The van der Waals surface area contributed by atoms with E-state index >= 15 is 0 Å². The van der Waals surface area contributed by atoms with Gasteiger partial charge in [0, 0.05) is 10.9 Å². The summed E-state index contributed by atoms with van der Waals surface area (Å²) in [6.07, 6.45) is 1.79. The first-order chi connectivity index (χ1) is 8.81. The molecule has 90 valence electrons.